The maximum absolute atomic E-state index is 12.3. The molecule has 1 aliphatic heterocycles. The third-order valence-electron chi connectivity index (χ3n) is 4.60. The summed E-state index contributed by atoms with van der Waals surface area (Å²) in [5.41, 5.74) is 0.646. The summed E-state index contributed by atoms with van der Waals surface area (Å²) >= 11 is 0. The van der Waals surface area contributed by atoms with Crippen LogP contribution in [0.5, 0.6) is 5.75 Å². The molecule has 7 nitrogen and oxygen atoms in total. The van der Waals surface area contributed by atoms with Crippen molar-refractivity contribution in [3.63, 3.8) is 0 Å². The zero-order chi connectivity index (χ0) is 20.3. The maximum Gasteiger partial charge on any atom is 0.573 e. The number of carbonyl (C=O) groups is 2. The predicted octanol–water partition coefficient (Wildman–Crippen LogP) is 1.96. The minimum atomic E-state index is -4.77. The Morgan fingerprint density at radius 1 is 1.18 bits per heavy atom. The number of rotatable bonds is 5. The Morgan fingerprint density at radius 3 is 2.54 bits per heavy atom. The Bertz CT molecular complexity index is 857. The first-order valence-electron chi connectivity index (χ1n) is 8.86. The van der Waals surface area contributed by atoms with Crippen LogP contribution in [0.3, 0.4) is 0 Å². The van der Waals surface area contributed by atoms with Crippen molar-refractivity contribution in [1.82, 2.24) is 20.1 Å². The lowest BCUT2D eigenvalue weighted by molar-refractivity contribution is -0.274. The molecule has 0 radical (unpaired) electrons. The van der Waals surface area contributed by atoms with Crippen LogP contribution < -0.4 is 10.1 Å². The topological polar surface area (TPSA) is 77.7 Å². The quantitative estimate of drug-likeness (QED) is 0.807. The molecular weight excluding hydrogens is 377 g/mol. The van der Waals surface area contributed by atoms with Gasteiger partial charge in [0.05, 0.1) is 0 Å². The van der Waals surface area contributed by atoms with E-state index in [0.29, 0.717) is 37.1 Å². The van der Waals surface area contributed by atoms with Crippen LogP contribution in [0.4, 0.5) is 13.2 Å². The summed E-state index contributed by atoms with van der Waals surface area (Å²) in [5.74, 6) is -0.620. The normalized spacial score (nSPS) is 15.6. The summed E-state index contributed by atoms with van der Waals surface area (Å²) < 4.78 is 40.8. The fourth-order valence-electron chi connectivity index (χ4n) is 3.13. The second kappa shape index (κ2) is 8.09. The highest BCUT2D eigenvalue weighted by molar-refractivity contribution is 5.98. The molecule has 1 fully saturated rings. The average Bonchev–Trinajstić information content (AvgIpc) is 3.04. The van der Waals surface area contributed by atoms with E-state index in [-0.39, 0.29) is 23.3 Å². The van der Waals surface area contributed by atoms with Crippen molar-refractivity contribution < 1.29 is 27.5 Å². The molecule has 2 amide bonds. The van der Waals surface area contributed by atoms with Crippen LogP contribution >= 0.6 is 0 Å². The molecule has 0 spiro atoms. The number of ether oxygens (including phenoxy) is 1. The number of aromatic nitrogens is 1. The van der Waals surface area contributed by atoms with E-state index in [0.717, 1.165) is 13.1 Å². The zero-order valence-corrected chi connectivity index (χ0v) is 15.3. The highest BCUT2D eigenvalue weighted by Gasteiger charge is 2.31. The Kier molecular flexibility index (Phi) is 5.78. The van der Waals surface area contributed by atoms with Gasteiger partial charge in [-0.05, 0) is 18.2 Å². The van der Waals surface area contributed by atoms with E-state index in [2.05, 4.69) is 19.9 Å². The van der Waals surface area contributed by atoms with Crippen molar-refractivity contribution >= 4 is 22.7 Å². The number of aromatic amines is 1. The lowest BCUT2D eigenvalue weighted by Crippen LogP contribution is -2.49. The molecule has 0 saturated carbocycles. The Balaban J connectivity index is 1.52. The molecule has 0 unspecified atom stereocenters. The molecule has 10 heteroatoms. The van der Waals surface area contributed by atoms with Gasteiger partial charge in [0, 0.05) is 63.2 Å². The van der Waals surface area contributed by atoms with Gasteiger partial charge in [-0.15, -0.1) is 13.2 Å². The Morgan fingerprint density at radius 2 is 1.89 bits per heavy atom. The summed E-state index contributed by atoms with van der Waals surface area (Å²) in [6.45, 7) is 5.49. The van der Waals surface area contributed by atoms with Gasteiger partial charge >= 0.3 is 6.36 Å². The molecule has 0 bridgehead atoms. The maximum atomic E-state index is 12.3. The van der Waals surface area contributed by atoms with E-state index in [1.807, 2.05) is 0 Å². The molecule has 2 aromatic rings. The van der Waals surface area contributed by atoms with Gasteiger partial charge in [0.25, 0.3) is 5.91 Å². The minimum Gasteiger partial charge on any atom is -0.406 e. The Labute approximate surface area is 159 Å². The number of H-pyrrole nitrogens is 1. The lowest BCUT2D eigenvalue weighted by Gasteiger charge is -2.34. The van der Waals surface area contributed by atoms with Gasteiger partial charge in [0.1, 0.15) is 11.4 Å². The summed E-state index contributed by atoms with van der Waals surface area (Å²) in [4.78, 5) is 30.4. The third-order valence-corrected chi connectivity index (χ3v) is 4.60. The number of hydrogen-bond acceptors (Lipinski definition) is 4. The van der Waals surface area contributed by atoms with Gasteiger partial charge in [-0.3, -0.25) is 14.5 Å². The smallest absolute Gasteiger partial charge is 0.406 e. The fraction of sp³-hybridized carbons (Fsp3) is 0.444. The number of halogens is 3. The molecule has 0 aliphatic carbocycles. The molecule has 3 rings (SSSR count). The standard InChI is InChI=1S/C18H21F3N4O3/c1-12(26)25-8-6-24(7-9-25)5-4-22-17(27)16-10-13-2-3-14(11-15(13)23-16)28-18(19,20)21/h2-3,10-11,23H,4-9H2,1H3,(H,22,27). The van der Waals surface area contributed by atoms with Crippen LogP contribution in [0.15, 0.2) is 24.3 Å². The number of nitrogens with one attached hydrogen (secondary N) is 2. The van der Waals surface area contributed by atoms with Crippen LogP contribution in [-0.2, 0) is 4.79 Å². The second-order valence-corrected chi connectivity index (χ2v) is 6.58. The first-order valence-corrected chi connectivity index (χ1v) is 8.86. The van der Waals surface area contributed by atoms with Gasteiger partial charge in [0.2, 0.25) is 5.91 Å². The Hall–Kier alpha value is -2.75. The summed E-state index contributed by atoms with van der Waals surface area (Å²) in [6.07, 6.45) is -4.77. The highest BCUT2D eigenvalue weighted by Crippen LogP contribution is 2.26. The average molecular weight is 398 g/mol. The highest BCUT2D eigenvalue weighted by atomic mass is 19.4. The first-order chi connectivity index (χ1) is 13.2. The number of piperazine rings is 1. The van der Waals surface area contributed by atoms with E-state index in [1.54, 1.807) is 17.9 Å². The van der Waals surface area contributed by atoms with Crippen molar-refractivity contribution in [2.24, 2.45) is 0 Å². The van der Waals surface area contributed by atoms with Crippen molar-refractivity contribution in [1.29, 1.82) is 0 Å². The molecule has 0 atom stereocenters. The van der Waals surface area contributed by atoms with E-state index in [1.165, 1.54) is 18.2 Å². The molecule has 1 saturated heterocycles. The molecule has 28 heavy (non-hydrogen) atoms. The van der Waals surface area contributed by atoms with Crippen LogP contribution in [-0.4, -0.2) is 72.2 Å². The monoisotopic (exact) mass is 398 g/mol. The molecule has 2 N–H and O–H groups in total. The van der Waals surface area contributed by atoms with Crippen LogP contribution in [0.25, 0.3) is 10.9 Å². The number of benzene rings is 1. The number of amides is 2. The van der Waals surface area contributed by atoms with Gasteiger partial charge in [-0.25, -0.2) is 0 Å². The third kappa shape index (κ3) is 5.16. The van der Waals surface area contributed by atoms with Gasteiger partial charge < -0.3 is 19.9 Å². The number of carbonyl (C=O) groups excluding carboxylic acids is 2. The SMILES string of the molecule is CC(=O)N1CCN(CCNC(=O)c2cc3ccc(OC(F)(F)F)cc3[nH]2)CC1. The number of fused-ring (bicyclic) bond motifs is 1. The van der Waals surface area contributed by atoms with E-state index in [9.17, 15) is 22.8 Å². The molecular formula is C18H21F3N4O3. The van der Waals surface area contributed by atoms with Crippen molar-refractivity contribution in [3.8, 4) is 5.75 Å². The van der Waals surface area contributed by atoms with Gasteiger partial charge in [0.15, 0.2) is 0 Å². The van der Waals surface area contributed by atoms with E-state index in [4.69, 9.17) is 0 Å². The number of alkyl halides is 3. The molecule has 1 aliphatic rings. The van der Waals surface area contributed by atoms with Crippen molar-refractivity contribution in [3.05, 3.63) is 30.0 Å². The molecule has 1 aromatic carbocycles. The van der Waals surface area contributed by atoms with Crippen LogP contribution in [0.1, 0.15) is 17.4 Å². The van der Waals surface area contributed by atoms with Crippen LogP contribution in [0.2, 0.25) is 0 Å². The molecule has 2 heterocycles. The largest absolute Gasteiger partial charge is 0.573 e. The first kappa shape index (κ1) is 20.0. The summed E-state index contributed by atoms with van der Waals surface area (Å²) in [5, 5.41) is 3.40. The lowest BCUT2D eigenvalue weighted by atomic mass is 10.2. The summed E-state index contributed by atoms with van der Waals surface area (Å²) in [6, 6.07) is 5.44. The second-order valence-electron chi connectivity index (χ2n) is 6.58. The minimum absolute atomic E-state index is 0.0653. The van der Waals surface area contributed by atoms with Gasteiger partial charge in [-0.1, -0.05) is 0 Å². The molecule has 1 aromatic heterocycles. The predicted molar refractivity (Wildman–Crippen MR) is 96.0 cm³/mol. The van der Waals surface area contributed by atoms with Crippen LogP contribution in [0, 0.1) is 0 Å². The number of nitrogens with zero attached hydrogens (tertiary/aromatic N) is 2. The fourth-order valence-corrected chi connectivity index (χ4v) is 3.13. The van der Waals surface area contributed by atoms with E-state index < -0.39 is 6.36 Å². The molecule has 152 valence electrons. The van der Waals surface area contributed by atoms with Crippen molar-refractivity contribution in [2.75, 3.05) is 39.3 Å². The van der Waals surface area contributed by atoms with Gasteiger partial charge in [-0.2, -0.15) is 0 Å². The van der Waals surface area contributed by atoms with E-state index >= 15 is 0 Å². The number of hydrogen-bond donors (Lipinski definition) is 2. The van der Waals surface area contributed by atoms with Crippen molar-refractivity contribution in [2.45, 2.75) is 13.3 Å². The summed E-state index contributed by atoms with van der Waals surface area (Å²) in [7, 11) is 0. The zero-order valence-electron chi connectivity index (χ0n) is 15.3.